The van der Waals surface area contributed by atoms with Gasteiger partial charge in [-0.1, -0.05) is 36.4 Å². The lowest BCUT2D eigenvalue weighted by molar-refractivity contribution is -0.385. The fourth-order valence-electron chi connectivity index (χ4n) is 4.41. The van der Waals surface area contributed by atoms with Gasteiger partial charge in [0.1, 0.15) is 0 Å². The Morgan fingerprint density at radius 1 is 0.809 bits per heavy atom. The van der Waals surface area contributed by atoms with Gasteiger partial charge in [-0.15, -0.1) is 0 Å². The van der Waals surface area contributed by atoms with E-state index in [4.69, 9.17) is 44.3 Å². The third kappa shape index (κ3) is 10.4. The van der Waals surface area contributed by atoms with Gasteiger partial charge in [-0.05, 0) is 101 Å². The van der Waals surface area contributed by atoms with Crippen molar-refractivity contribution in [2.45, 2.75) is 0 Å². The smallest absolute Gasteiger partial charge is 0.315 e. The number of carbonyl (C=O) groups excluding carboxylic acids is 3. The van der Waals surface area contributed by atoms with Gasteiger partial charge in [0.05, 0.1) is 19.1 Å². The van der Waals surface area contributed by atoms with Crippen molar-refractivity contribution in [1.82, 2.24) is 9.55 Å². The summed E-state index contributed by atoms with van der Waals surface area (Å²) in [4.78, 5) is 45.2. The van der Waals surface area contributed by atoms with Crippen LogP contribution in [0.25, 0.3) is 40.0 Å². The zero-order chi connectivity index (χ0) is 34.5. The Hall–Kier alpha value is -5.16. The lowest BCUT2D eigenvalue weighted by atomic mass is 10.1. The number of carbonyl (C=O) groups is 3. The molecule has 0 amide bonds. The Balaban J connectivity index is 0.000000193. The topological polar surface area (TPSA) is 134 Å². The molecule has 5 aromatic rings. The van der Waals surface area contributed by atoms with Crippen LogP contribution in [0.2, 0.25) is 0 Å². The summed E-state index contributed by atoms with van der Waals surface area (Å²) < 4.78 is 11.9. The lowest BCUT2D eigenvalue weighted by Crippen LogP contribution is -1.97. The molecule has 0 radical (unpaired) electrons. The molecule has 5 rings (SSSR count). The molecule has 0 saturated heterocycles. The number of benzene rings is 3. The Morgan fingerprint density at radius 2 is 1.38 bits per heavy atom. The second-order valence-corrected chi connectivity index (χ2v) is 10.6. The predicted octanol–water partition coefficient (Wildman–Crippen LogP) is 8.29. The predicted molar refractivity (Wildman–Crippen MR) is 187 cm³/mol. The minimum Gasteiger partial charge on any atom is -0.493 e. The summed E-state index contributed by atoms with van der Waals surface area (Å²) in [5.74, 6) is 0.227. The first-order valence-electron chi connectivity index (χ1n) is 13.6. The van der Waals surface area contributed by atoms with E-state index in [2.05, 4.69) is 4.98 Å². The maximum absolute atomic E-state index is 10.9. The van der Waals surface area contributed by atoms with Crippen molar-refractivity contribution in [3.63, 3.8) is 0 Å². The number of nitro groups is 1. The number of fused-ring (bicyclic) bond motifs is 2. The summed E-state index contributed by atoms with van der Waals surface area (Å²) >= 11 is 15.6. The number of hydrogen-bond donors (Lipinski definition) is 1. The van der Waals surface area contributed by atoms with Gasteiger partial charge in [0.25, 0.3) is 0 Å². The number of aromatic amines is 1. The highest BCUT2D eigenvalue weighted by Crippen LogP contribution is 2.38. The molecule has 0 atom stereocenters. The van der Waals surface area contributed by atoms with Crippen LogP contribution >= 0.6 is 34.8 Å². The van der Waals surface area contributed by atoms with Crippen LogP contribution < -0.4 is 9.47 Å². The fraction of sp³-hybridized carbons (Fsp3) is 0.0882. The fourth-order valence-corrected chi connectivity index (χ4v) is 4.60. The molecular formula is C34H28Cl3N3O7. The summed E-state index contributed by atoms with van der Waals surface area (Å²) in [5, 5.41) is 11.5. The molecule has 0 aliphatic heterocycles. The molecule has 0 spiro atoms. The second-order valence-electron chi connectivity index (χ2n) is 9.45. The first kappa shape index (κ1) is 36.3. The van der Waals surface area contributed by atoms with Crippen molar-refractivity contribution in [2.75, 3.05) is 14.2 Å². The quantitative estimate of drug-likeness (QED) is 0.0709. The first-order valence-corrected chi connectivity index (χ1v) is 14.7. The van der Waals surface area contributed by atoms with E-state index in [0.29, 0.717) is 5.56 Å². The summed E-state index contributed by atoms with van der Waals surface area (Å²) in [5.41, 5.74) is 4.32. The number of nitrogens with one attached hydrogen (secondary N) is 1. The van der Waals surface area contributed by atoms with Crippen molar-refractivity contribution < 1.29 is 28.8 Å². The van der Waals surface area contributed by atoms with Crippen LogP contribution in [-0.4, -0.2) is 44.4 Å². The van der Waals surface area contributed by atoms with Crippen molar-refractivity contribution in [1.29, 1.82) is 0 Å². The number of H-pyrrole nitrogens is 1. The van der Waals surface area contributed by atoms with E-state index in [9.17, 15) is 24.5 Å². The van der Waals surface area contributed by atoms with E-state index < -0.39 is 20.7 Å². The average Bonchev–Trinajstić information content (AvgIpc) is 3.62. The molecule has 0 unspecified atom stereocenters. The van der Waals surface area contributed by atoms with Crippen LogP contribution in [0.15, 0.2) is 91.3 Å². The molecule has 13 heteroatoms. The molecule has 47 heavy (non-hydrogen) atoms. The summed E-state index contributed by atoms with van der Waals surface area (Å²) in [6.45, 7) is 0. The molecule has 3 aromatic carbocycles. The molecule has 0 fully saturated rings. The SMILES string of the molecule is COc1cc(/C=C/C(=O)Cl)cc([N+](=O)[O-])c1OC.Cn1cc(/C=C/C(=O)Cl)c2ccccc21.O=C(Cl)/C=C/c1c[nH]c2ccccc12. The van der Waals surface area contributed by atoms with Crippen LogP contribution in [0.3, 0.4) is 0 Å². The van der Waals surface area contributed by atoms with E-state index >= 15 is 0 Å². The van der Waals surface area contributed by atoms with Gasteiger partial charge in [0, 0.05) is 52.9 Å². The third-order valence-electron chi connectivity index (χ3n) is 6.42. The normalized spacial score (nSPS) is 10.9. The van der Waals surface area contributed by atoms with E-state index in [0.717, 1.165) is 39.0 Å². The van der Waals surface area contributed by atoms with Crippen molar-refractivity contribution in [3.05, 3.63) is 118 Å². The van der Waals surface area contributed by atoms with Crippen LogP contribution in [-0.2, 0) is 21.4 Å². The Labute approximate surface area is 284 Å². The first-order chi connectivity index (χ1) is 22.4. The second kappa shape index (κ2) is 17.5. The van der Waals surface area contributed by atoms with Crippen LogP contribution in [0.5, 0.6) is 11.5 Å². The highest BCUT2D eigenvalue weighted by atomic mass is 35.5. The van der Waals surface area contributed by atoms with Gasteiger partial charge in [-0.2, -0.15) is 0 Å². The van der Waals surface area contributed by atoms with Crippen LogP contribution in [0, 0.1) is 10.1 Å². The van der Waals surface area contributed by atoms with Crippen molar-refractivity contribution in [3.8, 4) is 11.5 Å². The highest BCUT2D eigenvalue weighted by molar-refractivity contribution is 6.67. The lowest BCUT2D eigenvalue weighted by Gasteiger charge is -2.08. The molecule has 0 saturated carbocycles. The van der Waals surface area contributed by atoms with E-state index in [1.54, 1.807) is 12.2 Å². The van der Waals surface area contributed by atoms with Crippen molar-refractivity contribution in [2.24, 2.45) is 7.05 Å². The zero-order valence-corrected chi connectivity index (χ0v) is 27.5. The molecule has 0 aliphatic carbocycles. The molecule has 2 aromatic heterocycles. The third-order valence-corrected chi connectivity index (χ3v) is 6.80. The number of nitro benzene ring substituents is 1. The molecule has 0 bridgehead atoms. The zero-order valence-electron chi connectivity index (χ0n) is 25.3. The number of rotatable bonds is 9. The summed E-state index contributed by atoms with van der Waals surface area (Å²) in [7, 11) is 4.65. The minimum atomic E-state index is -0.674. The van der Waals surface area contributed by atoms with Gasteiger partial charge in [0.2, 0.25) is 21.5 Å². The van der Waals surface area contributed by atoms with Crippen LogP contribution in [0.1, 0.15) is 16.7 Å². The minimum absolute atomic E-state index is 0.0249. The maximum atomic E-state index is 10.9. The van der Waals surface area contributed by atoms with Gasteiger partial charge in [0.15, 0.2) is 5.75 Å². The van der Waals surface area contributed by atoms with E-state index in [1.165, 1.54) is 44.6 Å². The summed E-state index contributed by atoms with van der Waals surface area (Å²) in [6, 6.07) is 18.7. The maximum Gasteiger partial charge on any atom is 0.315 e. The molecule has 1 N–H and O–H groups in total. The summed E-state index contributed by atoms with van der Waals surface area (Å²) in [6.07, 6.45) is 12.4. The Bertz CT molecular complexity index is 2010. The molecule has 242 valence electrons. The van der Waals surface area contributed by atoms with Gasteiger partial charge >= 0.3 is 5.69 Å². The molecular weight excluding hydrogens is 669 g/mol. The van der Waals surface area contributed by atoms with E-state index in [-0.39, 0.29) is 17.2 Å². The Morgan fingerprint density at radius 3 is 1.98 bits per heavy atom. The Kier molecular flexibility index (Phi) is 13.5. The van der Waals surface area contributed by atoms with E-state index in [1.807, 2.05) is 72.5 Å². The number of hydrogen-bond acceptors (Lipinski definition) is 7. The van der Waals surface area contributed by atoms with Crippen LogP contribution in [0.4, 0.5) is 5.69 Å². The number of para-hydroxylation sites is 2. The van der Waals surface area contributed by atoms with Gasteiger partial charge < -0.3 is 19.0 Å². The van der Waals surface area contributed by atoms with Gasteiger partial charge in [-0.25, -0.2) is 0 Å². The van der Waals surface area contributed by atoms with Crippen molar-refractivity contribution >= 4 is 96.3 Å². The average molecular weight is 697 g/mol. The number of methoxy groups -OCH3 is 2. The molecule has 0 aliphatic rings. The largest absolute Gasteiger partial charge is 0.493 e. The number of halogens is 3. The highest BCUT2D eigenvalue weighted by Gasteiger charge is 2.20. The standard InChI is InChI=1S/C12H10ClNO.C11H10ClNO5.C11H8ClNO/c1-14-8-9(6-7-12(13)15)10-4-2-3-5-11(10)14;1-17-9-6-7(3-4-10(12)14)5-8(13(15)16)11(9)18-2;12-11(14)6-5-8-7-13-10-4-2-1-3-9(8)10/h2-8H,1H3;3-6H,1-2H3;1-7,13H/b7-6+;4-3+;6-5+. The number of allylic oxidation sites excluding steroid dienone is 3. The molecule has 10 nitrogen and oxygen atoms in total. The number of ether oxygens (including phenoxy) is 2. The number of nitrogens with zero attached hydrogens (tertiary/aromatic N) is 2. The number of aryl methyl sites for hydroxylation is 1. The molecule has 2 heterocycles. The number of aromatic nitrogens is 2. The monoisotopic (exact) mass is 695 g/mol. The van der Waals surface area contributed by atoms with Gasteiger partial charge in [-0.3, -0.25) is 24.5 Å².